The molecule has 0 aliphatic heterocycles. The molecule has 1 heterocycles. The number of carbonyl (C=O) groups is 1. The van der Waals surface area contributed by atoms with Gasteiger partial charge in [-0.3, -0.25) is 10.1 Å². The van der Waals surface area contributed by atoms with E-state index in [2.05, 4.69) is 15.5 Å². The van der Waals surface area contributed by atoms with Gasteiger partial charge in [0.2, 0.25) is 5.82 Å². The molecule has 0 unspecified atom stereocenters. The largest absolute Gasteiger partial charge is 0.416 e. The first kappa shape index (κ1) is 15.7. The molecule has 0 radical (unpaired) electrons. The van der Waals surface area contributed by atoms with Crippen LogP contribution in [0.2, 0.25) is 0 Å². The summed E-state index contributed by atoms with van der Waals surface area (Å²) in [6.45, 7) is 0. The van der Waals surface area contributed by atoms with Gasteiger partial charge in [-0.2, -0.15) is 18.2 Å². The zero-order valence-electron chi connectivity index (χ0n) is 12.0. The summed E-state index contributed by atoms with van der Waals surface area (Å²) in [6, 6.07) is 12.6. The molecule has 24 heavy (non-hydrogen) atoms. The van der Waals surface area contributed by atoms with Crippen molar-refractivity contribution < 1.29 is 22.5 Å². The highest BCUT2D eigenvalue weighted by atomic mass is 19.4. The van der Waals surface area contributed by atoms with Crippen molar-refractivity contribution in [3.8, 4) is 11.4 Å². The Labute approximate surface area is 134 Å². The van der Waals surface area contributed by atoms with Crippen molar-refractivity contribution in [3.63, 3.8) is 0 Å². The van der Waals surface area contributed by atoms with E-state index in [-0.39, 0.29) is 11.8 Å². The molecule has 0 bridgehead atoms. The van der Waals surface area contributed by atoms with E-state index in [1.165, 1.54) is 12.1 Å². The van der Waals surface area contributed by atoms with Gasteiger partial charge < -0.3 is 4.52 Å². The summed E-state index contributed by atoms with van der Waals surface area (Å²) in [6.07, 6.45) is -4.41. The summed E-state index contributed by atoms with van der Waals surface area (Å²) < 4.78 is 42.5. The van der Waals surface area contributed by atoms with E-state index >= 15 is 0 Å². The first-order chi connectivity index (χ1) is 11.4. The average molecular weight is 333 g/mol. The van der Waals surface area contributed by atoms with E-state index in [1.54, 1.807) is 30.3 Å². The van der Waals surface area contributed by atoms with Crippen LogP contribution in [0.15, 0.2) is 59.1 Å². The van der Waals surface area contributed by atoms with Gasteiger partial charge in [-0.1, -0.05) is 35.5 Å². The predicted octanol–water partition coefficient (Wildman–Crippen LogP) is 4.01. The van der Waals surface area contributed by atoms with E-state index in [4.69, 9.17) is 4.52 Å². The molecule has 1 N–H and O–H groups in total. The number of alkyl halides is 3. The molecule has 1 amide bonds. The second-order valence-electron chi connectivity index (χ2n) is 4.82. The topological polar surface area (TPSA) is 68.0 Å². The fraction of sp³-hybridized carbons (Fsp3) is 0.0625. The summed E-state index contributed by atoms with van der Waals surface area (Å²) in [5, 5.41) is 6.07. The number of benzene rings is 2. The third-order valence-corrected chi connectivity index (χ3v) is 3.15. The SMILES string of the molecule is O=C(Nc1nc(-c2ccc(C(F)(F)F)cc2)no1)c1ccccc1. The zero-order chi connectivity index (χ0) is 17.2. The lowest BCUT2D eigenvalue weighted by Crippen LogP contribution is -2.11. The van der Waals surface area contributed by atoms with E-state index in [0.717, 1.165) is 12.1 Å². The van der Waals surface area contributed by atoms with Crippen molar-refractivity contribution in [2.75, 3.05) is 5.32 Å². The molecule has 0 aliphatic carbocycles. The summed E-state index contributed by atoms with van der Waals surface area (Å²) in [4.78, 5) is 15.9. The Morgan fingerprint density at radius 1 is 1.00 bits per heavy atom. The van der Waals surface area contributed by atoms with Crippen LogP contribution in [-0.2, 0) is 6.18 Å². The summed E-state index contributed by atoms with van der Waals surface area (Å²) in [7, 11) is 0. The predicted molar refractivity (Wildman–Crippen MR) is 79.1 cm³/mol. The molecular formula is C16H10F3N3O2. The summed E-state index contributed by atoms with van der Waals surface area (Å²) >= 11 is 0. The van der Waals surface area contributed by atoms with Gasteiger partial charge in [0, 0.05) is 11.1 Å². The van der Waals surface area contributed by atoms with Crippen molar-refractivity contribution in [2.45, 2.75) is 6.18 Å². The fourth-order valence-corrected chi connectivity index (χ4v) is 1.96. The Morgan fingerprint density at radius 2 is 1.67 bits per heavy atom. The van der Waals surface area contributed by atoms with Gasteiger partial charge in [-0.25, -0.2) is 0 Å². The maximum atomic E-state index is 12.5. The second kappa shape index (κ2) is 6.15. The van der Waals surface area contributed by atoms with E-state index in [9.17, 15) is 18.0 Å². The highest BCUT2D eigenvalue weighted by molar-refractivity contribution is 6.03. The molecule has 122 valence electrons. The maximum absolute atomic E-state index is 12.5. The standard InChI is InChI=1S/C16H10F3N3O2/c17-16(18,19)12-8-6-10(7-9-12)13-20-15(24-22-13)21-14(23)11-4-2-1-3-5-11/h1-9H,(H,20,21,22,23). The van der Waals surface area contributed by atoms with Crippen molar-refractivity contribution in [1.29, 1.82) is 0 Å². The number of hydrogen-bond acceptors (Lipinski definition) is 4. The first-order valence-electron chi connectivity index (χ1n) is 6.81. The Morgan fingerprint density at radius 3 is 2.29 bits per heavy atom. The molecule has 5 nitrogen and oxygen atoms in total. The number of anilines is 1. The molecule has 1 aromatic heterocycles. The van der Waals surface area contributed by atoms with Gasteiger partial charge >= 0.3 is 12.2 Å². The molecular weight excluding hydrogens is 323 g/mol. The van der Waals surface area contributed by atoms with Crippen LogP contribution in [0.5, 0.6) is 0 Å². The Kier molecular flexibility index (Phi) is 4.03. The number of carbonyl (C=O) groups excluding carboxylic acids is 1. The normalized spacial score (nSPS) is 11.3. The van der Waals surface area contributed by atoms with Crippen LogP contribution in [-0.4, -0.2) is 16.0 Å². The highest BCUT2D eigenvalue weighted by Gasteiger charge is 2.30. The van der Waals surface area contributed by atoms with Crippen LogP contribution in [0.3, 0.4) is 0 Å². The third-order valence-electron chi connectivity index (χ3n) is 3.15. The molecule has 0 fully saturated rings. The molecule has 0 spiro atoms. The Hall–Kier alpha value is -3.16. The number of nitrogens with one attached hydrogen (secondary N) is 1. The average Bonchev–Trinajstić information content (AvgIpc) is 3.03. The van der Waals surface area contributed by atoms with Gasteiger partial charge in [0.05, 0.1) is 5.56 Å². The van der Waals surface area contributed by atoms with Crippen LogP contribution in [0.4, 0.5) is 19.2 Å². The minimum Gasteiger partial charge on any atom is -0.315 e. The van der Waals surface area contributed by atoms with Gasteiger partial charge in [-0.15, -0.1) is 0 Å². The maximum Gasteiger partial charge on any atom is 0.416 e. The van der Waals surface area contributed by atoms with Crippen LogP contribution < -0.4 is 5.32 Å². The molecule has 0 atom stereocenters. The smallest absolute Gasteiger partial charge is 0.315 e. The van der Waals surface area contributed by atoms with Gasteiger partial charge in [0.25, 0.3) is 5.91 Å². The lowest BCUT2D eigenvalue weighted by atomic mass is 10.1. The van der Waals surface area contributed by atoms with Crippen molar-refractivity contribution in [2.24, 2.45) is 0 Å². The van der Waals surface area contributed by atoms with Crippen LogP contribution >= 0.6 is 0 Å². The number of halogens is 3. The summed E-state index contributed by atoms with van der Waals surface area (Å²) in [5.74, 6) is -0.356. The van der Waals surface area contributed by atoms with Crippen molar-refractivity contribution in [3.05, 3.63) is 65.7 Å². The Balaban J connectivity index is 1.75. The quantitative estimate of drug-likeness (QED) is 0.786. The minimum absolute atomic E-state index is 0.0760. The summed E-state index contributed by atoms with van der Waals surface area (Å²) in [5.41, 5.74) is -0.0221. The first-order valence-corrected chi connectivity index (χ1v) is 6.81. The van der Waals surface area contributed by atoms with Crippen LogP contribution in [0.1, 0.15) is 15.9 Å². The van der Waals surface area contributed by atoms with Crippen molar-refractivity contribution >= 4 is 11.9 Å². The Bertz CT molecular complexity index is 843. The van der Waals surface area contributed by atoms with Crippen molar-refractivity contribution in [1.82, 2.24) is 10.1 Å². The third kappa shape index (κ3) is 3.43. The number of rotatable bonds is 3. The lowest BCUT2D eigenvalue weighted by molar-refractivity contribution is -0.137. The number of aromatic nitrogens is 2. The lowest BCUT2D eigenvalue weighted by Gasteiger charge is -2.05. The number of nitrogens with zero attached hydrogens (tertiary/aromatic N) is 2. The van der Waals surface area contributed by atoms with E-state index in [0.29, 0.717) is 11.1 Å². The number of hydrogen-bond donors (Lipinski definition) is 1. The molecule has 0 saturated carbocycles. The van der Waals surface area contributed by atoms with E-state index < -0.39 is 17.6 Å². The molecule has 2 aromatic carbocycles. The molecule has 3 aromatic rings. The molecule has 8 heteroatoms. The molecule has 0 saturated heterocycles. The second-order valence-corrected chi connectivity index (χ2v) is 4.82. The fourth-order valence-electron chi connectivity index (χ4n) is 1.96. The molecule has 0 aliphatic rings. The molecule has 3 rings (SSSR count). The zero-order valence-corrected chi connectivity index (χ0v) is 12.0. The van der Waals surface area contributed by atoms with Crippen LogP contribution in [0, 0.1) is 0 Å². The van der Waals surface area contributed by atoms with Gasteiger partial charge in [0.15, 0.2) is 0 Å². The van der Waals surface area contributed by atoms with Gasteiger partial charge in [0.1, 0.15) is 0 Å². The highest BCUT2D eigenvalue weighted by Crippen LogP contribution is 2.30. The van der Waals surface area contributed by atoms with Gasteiger partial charge in [-0.05, 0) is 24.3 Å². The van der Waals surface area contributed by atoms with Crippen LogP contribution in [0.25, 0.3) is 11.4 Å². The number of amides is 1. The van der Waals surface area contributed by atoms with E-state index in [1.807, 2.05) is 0 Å². The minimum atomic E-state index is -4.41. The monoisotopic (exact) mass is 333 g/mol.